The van der Waals surface area contributed by atoms with Crippen molar-refractivity contribution in [3.05, 3.63) is 89.0 Å². The largest absolute Gasteiger partial charge is 0.320 e. The molecule has 0 saturated carbocycles. The summed E-state index contributed by atoms with van der Waals surface area (Å²) < 4.78 is 0. The van der Waals surface area contributed by atoms with Gasteiger partial charge in [-0.15, -0.1) is 0 Å². The second-order valence-electron chi connectivity index (χ2n) is 5.70. The van der Waals surface area contributed by atoms with Gasteiger partial charge in [0.15, 0.2) is 0 Å². The average Bonchev–Trinajstić information content (AvgIpc) is 2.65. The molecule has 0 bridgehead atoms. The summed E-state index contributed by atoms with van der Waals surface area (Å²) >= 11 is 0. The SMILES string of the molecule is Cc1cc(C(=O)c2ccccn2)cc(C)c1NC(=O)c1ccccn1. The molecule has 0 aliphatic heterocycles. The van der Waals surface area contributed by atoms with Gasteiger partial charge in [0, 0.05) is 23.6 Å². The fourth-order valence-corrected chi connectivity index (χ4v) is 2.61. The minimum Gasteiger partial charge on any atom is -0.320 e. The fourth-order valence-electron chi connectivity index (χ4n) is 2.61. The normalized spacial score (nSPS) is 10.3. The summed E-state index contributed by atoms with van der Waals surface area (Å²) in [4.78, 5) is 33.0. The van der Waals surface area contributed by atoms with Gasteiger partial charge in [-0.1, -0.05) is 12.1 Å². The Morgan fingerprint density at radius 3 is 1.92 bits per heavy atom. The third-order valence-electron chi connectivity index (χ3n) is 3.83. The molecule has 1 N–H and O–H groups in total. The molecule has 0 unspecified atom stereocenters. The van der Waals surface area contributed by atoms with Crippen molar-refractivity contribution in [2.24, 2.45) is 0 Å². The van der Waals surface area contributed by atoms with Crippen molar-refractivity contribution >= 4 is 17.4 Å². The van der Waals surface area contributed by atoms with Gasteiger partial charge >= 0.3 is 0 Å². The Bertz CT molecular complexity index is 899. The van der Waals surface area contributed by atoms with Crippen molar-refractivity contribution in [3.8, 4) is 0 Å². The van der Waals surface area contributed by atoms with Crippen LogP contribution in [0.1, 0.15) is 37.7 Å². The molecule has 1 aromatic carbocycles. The standard InChI is InChI=1S/C20H17N3O2/c1-13-11-15(19(24)16-7-3-5-9-21-16)12-14(2)18(13)23-20(25)17-8-4-6-10-22-17/h3-12H,1-2H3,(H,23,25). The molecule has 0 atom stereocenters. The van der Waals surface area contributed by atoms with Crippen LogP contribution in [0.15, 0.2) is 60.9 Å². The highest BCUT2D eigenvalue weighted by molar-refractivity contribution is 6.09. The highest BCUT2D eigenvalue weighted by atomic mass is 16.2. The lowest BCUT2D eigenvalue weighted by atomic mass is 10.00. The number of anilines is 1. The molecule has 5 nitrogen and oxygen atoms in total. The van der Waals surface area contributed by atoms with Crippen LogP contribution in [0, 0.1) is 13.8 Å². The van der Waals surface area contributed by atoms with Crippen LogP contribution in [0.2, 0.25) is 0 Å². The van der Waals surface area contributed by atoms with E-state index in [1.165, 1.54) is 0 Å². The summed E-state index contributed by atoms with van der Waals surface area (Å²) in [6.07, 6.45) is 3.16. The van der Waals surface area contributed by atoms with Gasteiger partial charge in [0.05, 0.1) is 0 Å². The summed E-state index contributed by atoms with van der Waals surface area (Å²) in [5.41, 5.74) is 3.59. The molecule has 0 saturated heterocycles. The number of carbonyl (C=O) groups is 2. The Morgan fingerprint density at radius 2 is 1.40 bits per heavy atom. The highest BCUT2D eigenvalue weighted by Crippen LogP contribution is 2.24. The van der Waals surface area contributed by atoms with E-state index in [9.17, 15) is 9.59 Å². The van der Waals surface area contributed by atoms with Crippen LogP contribution in [-0.2, 0) is 0 Å². The minimum atomic E-state index is -0.282. The molecule has 25 heavy (non-hydrogen) atoms. The molecule has 0 fully saturated rings. The minimum absolute atomic E-state index is 0.144. The molecule has 3 aromatic rings. The molecule has 0 radical (unpaired) electrons. The second-order valence-corrected chi connectivity index (χ2v) is 5.70. The number of hydrogen-bond acceptors (Lipinski definition) is 4. The number of aryl methyl sites for hydroxylation is 2. The van der Waals surface area contributed by atoms with Crippen LogP contribution in [-0.4, -0.2) is 21.7 Å². The molecular weight excluding hydrogens is 314 g/mol. The predicted molar refractivity (Wildman–Crippen MR) is 95.8 cm³/mol. The Kier molecular flexibility index (Phi) is 4.66. The lowest BCUT2D eigenvalue weighted by Crippen LogP contribution is -2.15. The quantitative estimate of drug-likeness (QED) is 0.742. The van der Waals surface area contributed by atoms with Crippen molar-refractivity contribution in [2.45, 2.75) is 13.8 Å². The number of rotatable bonds is 4. The second kappa shape index (κ2) is 7.05. The molecule has 124 valence electrons. The van der Waals surface area contributed by atoms with Gasteiger partial charge in [0.1, 0.15) is 11.4 Å². The Hall–Kier alpha value is -3.34. The first-order valence-corrected chi connectivity index (χ1v) is 7.85. The van der Waals surface area contributed by atoms with Crippen molar-refractivity contribution in [1.82, 2.24) is 9.97 Å². The Balaban J connectivity index is 1.88. The molecule has 1 amide bonds. The van der Waals surface area contributed by atoms with E-state index in [4.69, 9.17) is 0 Å². The van der Waals surface area contributed by atoms with Gasteiger partial charge in [-0.2, -0.15) is 0 Å². The smallest absolute Gasteiger partial charge is 0.274 e. The van der Waals surface area contributed by atoms with Crippen molar-refractivity contribution in [1.29, 1.82) is 0 Å². The number of nitrogens with one attached hydrogen (secondary N) is 1. The van der Waals surface area contributed by atoms with Crippen molar-refractivity contribution in [3.63, 3.8) is 0 Å². The third kappa shape index (κ3) is 3.61. The molecule has 0 spiro atoms. The maximum atomic E-state index is 12.5. The maximum Gasteiger partial charge on any atom is 0.274 e. The number of aromatic nitrogens is 2. The number of ketones is 1. The summed E-state index contributed by atoms with van der Waals surface area (Å²) in [6, 6.07) is 13.9. The van der Waals surface area contributed by atoms with E-state index in [0.29, 0.717) is 22.6 Å². The van der Waals surface area contributed by atoms with Gasteiger partial charge in [-0.05, 0) is 61.4 Å². The van der Waals surface area contributed by atoms with Crippen molar-refractivity contribution < 1.29 is 9.59 Å². The van der Waals surface area contributed by atoms with E-state index in [-0.39, 0.29) is 11.7 Å². The first-order valence-electron chi connectivity index (χ1n) is 7.85. The van der Waals surface area contributed by atoms with Gasteiger partial charge in [-0.3, -0.25) is 19.6 Å². The molecule has 2 heterocycles. The van der Waals surface area contributed by atoms with E-state index < -0.39 is 0 Å². The molecule has 2 aromatic heterocycles. The fraction of sp³-hybridized carbons (Fsp3) is 0.100. The summed E-state index contributed by atoms with van der Waals surface area (Å²) in [5.74, 6) is -0.426. The highest BCUT2D eigenvalue weighted by Gasteiger charge is 2.15. The lowest BCUT2D eigenvalue weighted by Gasteiger charge is -2.13. The van der Waals surface area contributed by atoms with Crippen LogP contribution >= 0.6 is 0 Å². The summed E-state index contributed by atoms with van der Waals surface area (Å²) in [7, 11) is 0. The van der Waals surface area contributed by atoms with Crippen LogP contribution in [0.3, 0.4) is 0 Å². The third-order valence-corrected chi connectivity index (χ3v) is 3.83. The zero-order valence-corrected chi connectivity index (χ0v) is 14.0. The lowest BCUT2D eigenvalue weighted by molar-refractivity contribution is 0.101. The predicted octanol–water partition coefficient (Wildman–Crippen LogP) is 3.58. The summed E-state index contributed by atoms with van der Waals surface area (Å²) in [6.45, 7) is 3.71. The summed E-state index contributed by atoms with van der Waals surface area (Å²) in [5, 5.41) is 2.87. The molecular formula is C20H17N3O2. The molecule has 3 rings (SSSR count). The number of hydrogen-bond donors (Lipinski definition) is 1. The zero-order valence-electron chi connectivity index (χ0n) is 14.0. The Labute approximate surface area is 145 Å². The van der Waals surface area contributed by atoms with Gasteiger partial charge < -0.3 is 5.32 Å². The maximum absolute atomic E-state index is 12.5. The van der Waals surface area contributed by atoms with Crippen molar-refractivity contribution in [2.75, 3.05) is 5.32 Å². The molecule has 0 aliphatic carbocycles. The van der Waals surface area contributed by atoms with Gasteiger partial charge in [0.25, 0.3) is 5.91 Å². The number of amides is 1. The van der Waals surface area contributed by atoms with Crippen LogP contribution < -0.4 is 5.32 Å². The molecule has 0 aliphatic rings. The van der Waals surface area contributed by atoms with Crippen LogP contribution in [0.4, 0.5) is 5.69 Å². The average molecular weight is 331 g/mol. The number of carbonyl (C=O) groups excluding carboxylic acids is 2. The number of nitrogens with zero attached hydrogens (tertiary/aromatic N) is 2. The van der Waals surface area contributed by atoms with Gasteiger partial charge in [-0.25, -0.2) is 0 Å². The topological polar surface area (TPSA) is 72.0 Å². The van der Waals surface area contributed by atoms with E-state index in [1.807, 2.05) is 13.8 Å². The van der Waals surface area contributed by atoms with E-state index in [1.54, 1.807) is 60.9 Å². The molecule has 5 heteroatoms. The number of benzene rings is 1. The number of pyridine rings is 2. The monoisotopic (exact) mass is 331 g/mol. The van der Waals surface area contributed by atoms with Crippen LogP contribution in [0.5, 0.6) is 0 Å². The van der Waals surface area contributed by atoms with Gasteiger partial charge in [0.2, 0.25) is 5.78 Å². The Morgan fingerprint density at radius 1 is 0.840 bits per heavy atom. The van der Waals surface area contributed by atoms with E-state index in [2.05, 4.69) is 15.3 Å². The first kappa shape index (κ1) is 16.5. The first-order chi connectivity index (χ1) is 12.1. The van der Waals surface area contributed by atoms with E-state index >= 15 is 0 Å². The van der Waals surface area contributed by atoms with Crippen LogP contribution in [0.25, 0.3) is 0 Å². The van der Waals surface area contributed by atoms with E-state index in [0.717, 1.165) is 11.1 Å². The zero-order chi connectivity index (χ0) is 17.8.